The Bertz CT molecular complexity index is 560. The van der Waals surface area contributed by atoms with Crippen LogP contribution in [-0.2, 0) is 19.1 Å². The van der Waals surface area contributed by atoms with E-state index in [1.807, 2.05) is 6.92 Å². The number of allylic oxidation sites excluding steroid dienone is 1. The monoisotopic (exact) mass is 363 g/mol. The maximum Gasteiger partial charge on any atom is 0.227 e. The summed E-state index contributed by atoms with van der Waals surface area (Å²) >= 11 is 0. The standard InChI is InChI=1S/C19H29N3O4/c1-14(12-15(2)18(23)21-4-8-25-9-5-21)17(13-20)16(3)19(24)22-6-10-26-11-7-22/h15-17H,1,4-12H2,2-3H3/t15-,16+,17+/m1/s1. The highest BCUT2D eigenvalue weighted by atomic mass is 16.5. The number of rotatable bonds is 6. The van der Waals surface area contributed by atoms with Gasteiger partial charge in [0.15, 0.2) is 0 Å². The quantitative estimate of drug-likeness (QED) is 0.659. The molecule has 0 spiro atoms. The first-order valence-corrected chi connectivity index (χ1v) is 9.26. The highest BCUT2D eigenvalue weighted by Crippen LogP contribution is 2.27. The fourth-order valence-corrected chi connectivity index (χ4v) is 3.47. The molecule has 2 fully saturated rings. The van der Waals surface area contributed by atoms with Crippen LogP contribution in [0.15, 0.2) is 12.2 Å². The van der Waals surface area contributed by atoms with Gasteiger partial charge in [0.2, 0.25) is 11.8 Å². The summed E-state index contributed by atoms with van der Waals surface area (Å²) in [6.07, 6.45) is 0.412. The van der Waals surface area contributed by atoms with Gasteiger partial charge in [0.1, 0.15) is 0 Å². The van der Waals surface area contributed by atoms with Crippen molar-refractivity contribution < 1.29 is 19.1 Å². The lowest BCUT2D eigenvalue weighted by atomic mass is 9.83. The molecular formula is C19H29N3O4. The molecule has 7 heteroatoms. The predicted molar refractivity (Wildman–Crippen MR) is 96.0 cm³/mol. The normalized spacial score (nSPS) is 21.4. The van der Waals surface area contributed by atoms with Gasteiger partial charge in [-0.25, -0.2) is 0 Å². The zero-order chi connectivity index (χ0) is 19.1. The molecule has 144 valence electrons. The number of carbonyl (C=O) groups excluding carboxylic acids is 2. The van der Waals surface area contributed by atoms with Crippen molar-refractivity contribution in [2.45, 2.75) is 20.3 Å². The molecule has 0 aliphatic carbocycles. The number of hydrogen-bond acceptors (Lipinski definition) is 5. The summed E-state index contributed by atoms with van der Waals surface area (Å²) in [5.74, 6) is -1.32. The van der Waals surface area contributed by atoms with Crippen LogP contribution in [-0.4, -0.2) is 74.2 Å². The van der Waals surface area contributed by atoms with Crippen LogP contribution in [0.25, 0.3) is 0 Å². The van der Waals surface area contributed by atoms with E-state index in [4.69, 9.17) is 9.47 Å². The summed E-state index contributed by atoms with van der Waals surface area (Å²) < 4.78 is 10.5. The van der Waals surface area contributed by atoms with Crippen molar-refractivity contribution >= 4 is 11.8 Å². The van der Waals surface area contributed by atoms with E-state index in [2.05, 4.69) is 12.6 Å². The number of nitrogens with zero attached hydrogens (tertiary/aromatic N) is 3. The van der Waals surface area contributed by atoms with E-state index in [9.17, 15) is 14.9 Å². The maximum atomic E-state index is 12.7. The van der Waals surface area contributed by atoms with Gasteiger partial charge in [-0.15, -0.1) is 0 Å². The number of amides is 2. The Kier molecular flexibility index (Phi) is 7.61. The summed E-state index contributed by atoms with van der Waals surface area (Å²) in [6, 6.07) is 2.22. The molecule has 2 aliphatic rings. The van der Waals surface area contributed by atoms with E-state index in [1.54, 1.807) is 16.7 Å². The highest BCUT2D eigenvalue weighted by molar-refractivity contribution is 5.80. The van der Waals surface area contributed by atoms with Crippen LogP contribution in [0.3, 0.4) is 0 Å². The fraction of sp³-hybridized carbons (Fsp3) is 0.737. The first kappa shape index (κ1) is 20.4. The zero-order valence-corrected chi connectivity index (χ0v) is 15.8. The first-order chi connectivity index (χ1) is 12.5. The number of morpholine rings is 2. The molecule has 0 bridgehead atoms. The lowest BCUT2D eigenvalue weighted by Crippen LogP contribution is -2.45. The molecule has 7 nitrogen and oxygen atoms in total. The third-order valence-corrected chi connectivity index (χ3v) is 5.10. The summed E-state index contributed by atoms with van der Waals surface area (Å²) in [5, 5.41) is 9.60. The second-order valence-corrected chi connectivity index (χ2v) is 7.03. The molecule has 0 unspecified atom stereocenters. The Hall–Kier alpha value is -1.91. The van der Waals surface area contributed by atoms with E-state index >= 15 is 0 Å². The lowest BCUT2D eigenvalue weighted by molar-refractivity contribution is -0.139. The Morgan fingerprint density at radius 1 is 1.00 bits per heavy atom. The fourth-order valence-electron chi connectivity index (χ4n) is 3.47. The topological polar surface area (TPSA) is 82.9 Å². The van der Waals surface area contributed by atoms with Gasteiger partial charge in [-0.3, -0.25) is 9.59 Å². The van der Waals surface area contributed by atoms with Crippen LogP contribution in [0, 0.1) is 29.1 Å². The molecular weight excluding hydrogens is 334 g/mol. The number of hydrogen-bond donors (Lipinski definition) is 0. The third-order valence-electron chi connectivity index (χ3n) is 5.10. The molecule has 0 aromatic heterocycles. The molecule has 2 saturated heterocycles. The van der Waals surface area contributed by atoms with E-state index in [1.165, 1.54) is 0 Å². The summed E-state index contributed by atoms with van der Waals surface area (Å²) in [5.41, 5.74) is 0.649. The average molecular weight is 363 g/mol. The number of nitriles is 1. The molecule has 0 radical (unpaired) electrons. The van der Waals surface area contributed by atoms with E-state index < -0.39 is 11.8 Å². The molecule has 0 aromatic rings. The summed E-state index contributed by atoms with van der Waals surface area (Å²) in [7, 11) is 0. The van der Waals surface area contributed by atoms with Crippen molar-refractivity contribution in [2.75, 3.05) is 52.6 Å². The van der Waals surface area contributed by atoms with Crippen LogP contribution < -0.4 is 0 Å². The van der Waals surface area contributed by atoms with Gasteiger partial charge in [0, 0.05) is 32.1 Å². The van der Waals surface area contributed by atoms with Crippen molar-refractivity contribution in [1.29, 1.82) is 5.26 Å². The Labute approximate surface area is 155 Å². The summed E-state index contributed by atoms with van der Waals surface area (Å²) in [6.45, 7) is 12.1. The molecule has 0 N–H and O–H groups in total. The van der Waals surface area contributed by atoms with Crippen molar-refractivity contribution in [1.82, 2.24) is 9.80 Å². The average Bonchev–Trinajstić information content (AvgIpc) is 2.68. The van der Waals surface area contributed by atoms with Crippen LogP contribution >= 0.6 is 0 Å². The lowest BCUT2D eigenvalue weighted by Gasteiger charge is -2.32. The molecule has 2 aliphatic heterocycles. The minimum absolute atomic E-state index is 0.0480. The highest BCUT2D eigenvalue weighted by Gasteiger charge is 2.32. The minimum atomic E-state index is -0.592. The number of carbonyl (C=O) groups is 2. The van der Waals surface area contributed by atoms with E-state index in [0.29, 0.717) is 64.6 Å². The van der Waals surface area contributed by atoms with Gasteiger partial charge in [-0.1, -0.05) is 26.0 Å². The molecule has 2 rings (SSSR count). The molecule has 2 amide bonds. The van der Waals surface area contributed by atoms with Crippen molar-refractivity contribution in [3.05, 3.63) is 12.2 Å². The molecule has 0 saturated carbocycles. The van der Waals surface area contributed by atoms with Crippen molar-refractivity contribution in [3.8, 4) is 6.07 Å². The van der Waals surface area contributed by atoms with Gasteiger partial charge >= 0.3 is 0 Å². The van der Waals surface area contributed by atoms with E-state index in [0.717, 1.165) is 0 Å². The zero-order valence-electron chi connectivity index (χ0n) is 15.8. The van der Waals surface area contributed by atoms with Crippen LogP contribution in [0.4, 0.5) is 0 Å². The van der Waals surface area contributed by atoms with Crippen LogP contribution in [0.5, 0.6) is 0 Å². The SMILES string of the molecule is C=C(C[C@@H](C)C(=O)N1CCOCC1)[C@H](C#N)[C@H](C)C(=O)N1CCOCC1. The molecule has 2 heterocycles. The van der Waals surface area contributed by atoms with Gasteiger partial charge in [0.25, 0.3) is 0 Å². The second kappa shape index (κ2) is 9.70. The molecule has 26 heavy (non-hydrogen) atoms. The largest absolute Gasteiger partial charge is 0.378 e. The Morgan fingerprint density at radius 2 is 1.46 bits per heavy atom. The third kappa shape index (κ3) is 5.05. The Morgan fingerprint density at radius 3 is 1.92 bits per heavy atom. The van der Waals surface area contributed by atoms with Gasteiger partial charge < -0.3 is 19.3 Å². The van der Waals surface area contributed by atoms with Gasteiger partial charge in [-0.05, 0) is 6.42 Å². The number of ether oxygens (including phenoxy) is 2. The van der Waals surface area contributed by atoms with Gasteiger partial charge in [-0.2, -0.15) is 5.26 Å². The van der Waals surface area contributed by atoms with Crippen LogP contribution in [0.2, 0.25) is 0 Å². The minimum Gasteiger partial charge on any atom is -0.378 e. The maximum absolute atomic E-state index is 12.7. The van der Waals surface area contributed by atoms with Crippen molar-refractivity contribution in [2.24, 2.45) is 17.8 Å². The molecule has 0 aromatic carbocycles. The summed E-state index contributed by atoms with van der Waals surface area (Å²) in [4.78, 5) is 28.8. The Balaban J connectivity index is 1.93. The second-order valence-electron chi connectivity index (χ2n) is 7.03. The van der Waals surface area contributed by atoms with Crippen LogP contribution in [0.1, 0.15) is 20.3 Å². The van der Waals surface area contributed by atoms with Crippen molar-refractivity contribution in [3.63, 3.8) is 0 Å². The predicted octanol–water partition coefficient (Wildman–Crippen LogP) is 1.06. The first-order valence-electron chi connectivity index (χ1n) is 9.26. The smallest absolute Gasteiger partial charge is 0.227 e. The van der Waals surface area contributed by atoms with Gasteiger partial charge in [0.05, 0.1) is 44.3 Å². The molecule has 3 atom stereocenters. The van der Waals surface area contributed by atoms with E-state index in [-0.39, 0.29) is 17.7 Å².